The zero-order chi connectivity index (χ0) is 10.6. The Balaban J connectivity index is 2.81. The van der Waals surface area contributed by atoms with E-state index in [2.05, 4.69) is 16.8 Å². The number of pyridine rings is 1. The van der Waals surface area contributed by atoms with E-state index < -0.39 is 5.91 Å². The Kier molecular flexibility index (Phi) is 3.75. The minimum atomic E-state index is -0.467. The van der Waals surface area contributed by atoms with Crippen molar-refractivity contribution in [3.63, 3.8) is 0 Å². The predicted molar refractivity (Wildman–Crippen MR) is 54.9 cm³/mol. The first-order valence-electron chi connectivity index (χ1n) is 3.68. The third-order valence-electron chi connectivity index (χ3n) is 1.29. The van der Waals surface area contributed by atoms with Crippen LogP contribution in [0.4, 0.5) is 0 Å². The molecule has 1 rings (SSSR count). The van der Waals surface area contributed by atoms with Crippen LogP contribution in [-0.4, -0.2) is 10.9 Å². The maximum Gasteiger partial charge on any atom is 0.229 e. The maximum absolute atomic E-state index is 10.4. The topological polar surface area (TPSA) is 56.0 Å². The van der Waals surface area contributed by atoms with Crippen molar-refractivity contribution in [2.75, 3.05) is 0 Å². The molecule has 0 aliphatic rings. The van der Waals surface area contributed by atoms with Crippen LogP contribution in [0.3, 0.4) is 0 Å². The van der Waals surface area contributed by atoms with Crippen LogP contribution in [0, 0.1) is 11.8 Å². The van der Waals surface area contributed by atoms with Gasteiger partial charge in [-0.2, -0.15) is 0 Å². The highest BCUT2D eigenvalue weighted by molar-refractivity contribution is 6.41. The van der Waals surface area contributed by atoms with Gasteiger partial charge < -0.3 is 5.73 Å². The molecule has 1 aromatic rings. The maximum atomic E-state index is 10.4. The number of aromatic nitrogens is 1. The Morgan fingerprint density at radius 3 is 2.86 bits per heavy atom. The lowest BCUT2D eigenvalue weighted by Gasteiger charge is -1.93. The molecule has 0 aliphatic heterocycles. The van der Waals surface area contributed by atoms with Crippen molar-refractivity contribution in [3.05, 3.63) is 28.0 Å². The predicted octanol–water partition coefficient (Wildman–Crippen LogP) is 1.62. The van der Waals surface area contributed by atoms with Crippen LogP contribution in [-0.2, 0) is 4.79 Å². The van der Waals surface area contributed by atoms with E-state index >= 15 is 0 Å². The third-order valence-corrected chi connectivity index (χ3v) is 1.98. The molecule has 5 heteroatoms. The molecule has 0 atom stereocenters. The lowest BCUT2D eigenvalue weighted by atomic mass is 10.3. The van der Waals surface area contributed by atoms with E-state index in [1.54, 1.807) is 6.07 Å². The van der Waals surface area contributed by atoms with Crippen molar-refractivity contribution < 1.29 is 4.79 Å². The second-order valence-corrected chi connectivity index (χ2v) is 3.21. The van der Waals surface area contributed by atoms with E-state index in [1.807, 2.05) is 0 Å². The summed E-state index contributed by atoms with van der Waals surface area (Å²) in [7, 11) is 0. The number of hydrogen-bond acceptors (Lipinski definition) is 2. The van der Waals surface area contributed by atoms with E-state index in [4.69, 9.17) is 28.9 Å². The number of carbonyl (C=O) groups excluding carboxylic acids is 1. The monoisotopic (exact) mass is 228 g/mol. The molecule has 72 valence electrons. The minimum absolute atomic E-state index is 0.0141. The summed E-state index contributed by atoms with van der Waals surface area (Å²) in [5, 5.41) is 0.560. The Bertz CT molecular complexity index is 421. The summed E-state index contributed by atoms with van der Waals surface area (Å²) in [6, 6.07) is 1.57. The highest BCUT2D eigenvalue weighted by atomic mass is 35.5. The molecule has 1 amide bonds. The fourth-order valence-electron chi connectivity index (χ4n) is 0.723. The molecule has 0 bridgehead atoms. The van der Waals surface area contributed by atoms with Crippen LogP contribution < -0.4 is 5.73 Å². The number of nitrogens with zero attached hydrogens (tertiary/aromatic N) is 1. The van der Waals surface area contributed by atoms with Gasteiger partial charge in [-0.05, 0) is 6.07 Å². The minimum Gasteiger partial charge on any atom is -0.369 e. The molecular weight excluding hydrogens is 223 g/mol. The number of amides is 1. The Labute approximate surface area is 91.2 Å². The lowest BCUT2D eigenvalue weighted by Crippen LogP contribution is -2.08. The van der Waals surface area contributed by atoms with Crippen LogP contribution in [0.25, 0.3) is 0 Å². The zero-order valence-electron chi connectivity index (χ0n) is 7.05. The average Bonchev–Trinajstić information content (AvgIpc) is 2.10. The standard InChI is InChI=1S/C9H6Cl2N2O/c10-7-4-6(5-13-9(7)11)2-1-3-8(12)14/h4-5H,3H2,(H2,12,14). The molecule has 0 fully saturated rings. The molecule has 0 aromatic carbocycles. The first-order valence-corrected chi connectivity index (χ1v) is 4.43. The van der Waals surface area contributed by atoms with Gasteiger partial charge in [0.1, 0.15) is 5.15 Å². The van der Waals surface area contributed by atoms with Gasteiger partial charge in [-0.15, -0.1) is 0 Å². The summed E-state index contributed by atoms with van der Waals surface area (Å²) in [6.45, 7) is 0. The van der Waals surface area contributed by atoms with E-state index in [0.717, 1.165) is 0 Å². The molecule has 1 aromatic heterocycles. The largest absolute Gasteiger partial charge is 0.369 e. The van der Waals surface area contributed by atoms with Crippen molar-refractivity contribution in [2.45, 2.75) is 6.42 Å². The van der Waals surface area contributed by atoms with Gasteiger partial charge in [0, 0.05) is 11.8 Å². The Morgan fingerprint density at radius 1 is 1.57 bits per heavy atom. The van der Waals surface area contributed by atoms with E-state index in [-0.39, 0.29) is 11.6 Å². The molecule has 0 saturated heterocycles. The van der Waals surface area contributed by atoms with Crippen molar-refractivity contribution in [2.24, 2.45) is 5.73 Å². The summed E-state index contributed by atoms with van der Waals surface area (Å²) in [6.07, 6.45) is 1.49. The van der Waals surface area contributed by atoms with Gasteiger partial charge >= 0.3 is 0 Å². The van der Waals surface area contributed by atoms with Crippen molar-refractivity contribution >= 4 is 29.1 Å². The van der Waals surface area contributed by atoms with Gasteiger partial charge in [0.05, 0.1) is 11.4 Å². The summed E-state index contributed by atoms with van der Waals surface area (Å²) in [5.74, 6) is 4.80. The quantitative estimate of drug-likeness (QED) is 0.587. The second kappa shape index (κ2) is 4.85. The first-order chi connectivity index (χ1) is 6.59. The van der Waals surface area contributed by atoms with E-state index in [9.17, 15) is 4.79 Å². The average molecular weight is 229 g/mol. The van der Waals surface area contributed by atoms with E-state index in [0.29, 0.717) is 10.6 Å². The molecule has 0 aliphatic carbocycles. The number of carbonyl (C=O) groups is 1. The second-order valence-electron chi connectivity index (χ2n) is 2.44. The Morgan fingerprint density at radius 2 is 2.29 bits per heavy atom. The number of hydrogen-bond donors (Lipinski definition) is 1. The third kappa shape index (κ3) is 3.25. The van der Waals surface area contributed by atoms with Crippen molar-refractivity contribution in [1.29, 1.82) is 0 Å². The van der Waals surface area contributed by atoms with Gasteiger partial charge in [0.15, 0.2) is 0 Å². The normalized spacial score (nSPS) is 9.00. The van der Waals surface area contributed by atoms with Crippen LogP contribution in [0.5, 0.6) is 0 Å². The molecule has 0 radical (unpaired) electrons. The zero-order valence-corrected chi connectivity index (χ0v) is 8.56. The number of primary amides is 1. The first kappa shape index (κ1) is 10.8. The van der Waals surface area contributed by atoms with E-state index in [1.165, 1.54) is 6.20 Å². The van der Waals surface area contributed by atoms with Crippen LogP contribution in [0.15, 0.2) is 12.3 Å². The highest BCUT2D eigenvalue weighted by Gasteiger charge is 1.98. The molecule has 0 spiro atoms. The summed E-state index contributed by atoms with van der Waals surface area (Å²) < 4.78 is 0. The van der Waals surface area contributed by atoms with Gasteiger partial charge in [-0.25, -0.2) is 4.98 Å². The highest BCUT2D eigenvalue weighted by Crippen LogP contribution is 2.18. The van der Waals surface area contributed by atoms with Gasteiger partial charge in [-0.3, -0.25) is 4.79 Å². The van der Waals surface area contributed by atoms with Crippen molar-refractivity contribution in [3.8, 4) is 11.8 Å². The number of rotatable bonds is 1. The van der Waals surface area contributed by atoms with Gasteiger partial charge in [0.25, 0.3) is 0 Å². The fraction of sp³-hybridized carbons (Fsp3) is 0.111. The fourth-order valence-corrected chi connectivity index (χ4v) is 0.993. The molecule has 2 N–H and O–H groups in total. The van der Waals surface area contributed by atoms with Crippen LogP contribution in [0.2, 0.25) is 10.2 Å². The van der Waals surface area contributed by atoms with Crippen LogP contribution in [0.1, 0.15) is 12.0 Å². The summed E-state index contributed by atoms with van der Waals surface area (Å²) in [4.78, 5) is 14.2. The molecule has 3 nitrogen and oxygen atoms in total. The molecule has 0 unspecified atom stereocenters. The molecule has 14 heavy (non-hydrogen) atoms. The summed E-state index contributed by atoms with van der Waals surface area (Å²) >= 11 is 11.3. The molecule has 1 heterocycles. The summed E-state index contributed by atoms with van der Waals surface area (Å²) in [5.41, 5.74) is 5.50. The Hall–Kier alpha value is -1.24. The number of nitrogens with two attached hydrogens (primary N) is 1. The van der Waals surface area contributed by atoms with Crippen molar-refractivity contribution in [1.82, 2.24) is 4.98 Å². The van der Waals surface area contributed by atoms with Crippen LogP contribution >= 0.6 is 23.2 Å². The lowest BCUT2D eigenvalue weighted by molar-refractivity contribution is -0.117. The van der Waals surface area contributed by atoms with Gasteiger partial charge in [-0.1, -0.05) is 35.0 Å². The SMILES string of the molecule is NC(=O)CC#Cc1cnc(Cl)c(Cl)c1. The number of halogens is 2. The molecular formula is C9H6Cl2N2O. The smallest absolute Gasteiger partial charge is 0.229 e. The molecule has 0 saturated carbocycles. The van der Waals surface area contributed by atoms with Gasteiger partial charge in [0.2, 0.25) is 5.91 Å².